The Bertz CT molecular complexity index is 621. The maximum absolute atomic E-state index is 5.85. The number of nitrogen functional groups attached to an aromatic ring is 2. The second-order valence-electron chi connectivity index (χ2n) is 4.35. The third kappa shape index (κ3) is 3.07. The maximum atomic E-state index is 5.85. The molecule has 0 saturated carbocycles. The molecule has 0 fully saturated rings. The van der Waals surface area contributed by atoms with Gasteiger partial charge in [0.2, 0.25) is 11.7 Å². The predicted molar refractivity (Wildman–Crippen MR) is 79.8 cm³/mol. The number of benzene rings is 1. The van der Waals surface area contributed by atoms with Crippen LogP contribution < -0.4 is 25.7 Å². The molecular formula is C14H18N4O3. The number of aromatic nitrogens is 2. The van der Waals surface area contributed by atoms with Gasteiger partial charge in [-0.1, -0.05) is 0 Å². The largest absolute Gasteiger partial charge is 0.493 e. The summed E-state index contributed by atoms with van der Waals surface area (Å²) in [5.74, 6) is 2.23. The summed E-state index contributed by atoms with van der Waals surface area (Å²) in [5, 5.41) is 0. The van der Waals surface area contributed by atoms with Gasteiger partial charge in [0, 0.05) is 18.2 Å². The fourth-order valence-corrected chi connectivity index (χ4v) is 2.03. The number of rotatable bonds is 5. The van der Waals surface area contributed by atoms with Gasteiger partial charge in [0.1, 0.15) is 5.82 Å². The zero-order valence-electron chi connectivity index (χ0n) is 12.2. The van der Waals surface area contributed by atoms with Crippen molar-refractivity contribution >= 4 is 11.8 Å². The van der Waals surface area contributed by atoms with E-state index in [-0.39, 0.29) is 5.95 Å². The van der Waals surface area contributed by atoms with Gasteiger partial charge in [-0.2, -0.15) is 4.98 Å². The van der Waals surface area contributed by atoms with Crippen molar-refractivity contribution in [2.45, 2.75) is 6.42 Å². The number of ether oxygens (including phenoxy) is 3. The lowest BCUT2D eigenvalue weighted by molar-refractivity contribution is 0.324. The summed E-state index contributed by atoms with van der Waals surface area (Å²) in [5.41, 5.74) is 13.1. The molecule has 112 valence electrons. The van der Waals surface area contributed by atoms with Crippen LogP contribution in [0.3, 0.4) is 0 Å². The Morgan fingerprint density at radius 2 is 1.62 bits per heavy atom. The van der Waals surface area contributed by atoms with Gasteiger partial charge in [-0.25, -0.2) is 4.98 Å². The molecule has 1 aromatic carbocycles. The van der Waals surface area contributed by atoms with E-state index in [0.717, 1.165) is 11.1 Å². The van der Waals surface area contributed by atoms with E-state index in [2.05, 4.69) is 9.97 Å². The zero-order valence-corrected chi connectivity index (χ0v) is 12.2. The summed E-state index contributed by atoms with van der Waals surface area (Å²) in [7, 11) is 4.70. The summed E-state index contributed by atoms with van der Waals surface area (Å²) in [6.07, 6.45) is 2.14. The van der Waals surface area contributed by atoms with Crippen LogP contribution in [0.2, 0.25) is 0 Å². The first-order chi connectivity index (χ1) is 10.1. The SMILES string of the molecule is [13CH3]Oc1cc(Cc2cnc(N)nc2N)cc(O[13CH3])c1O[13CH3]. The molecule has 21 heavy (non-hydrogen) atoms. The minimum Gasteiger partial charge on any atom is -0.493 e. The molecule has 0 saturated heterocycles. The van der Waals surface area contributed by atoms with Crippen LogP contribution in [0.15, 0.2) is 18.3 Å². The van der Waals surface area contributed by atoms with Crippen molar-refractivity contribution in [3.8, 4) is 17.2 Å². The maximum Gasteiger partial charge on any atom is 0.221 e. The Morgan fingerprint density at radius 1 is 1.00 bits per heavy atom. The molecular weight excluding hydrogens is 275 g/mol. The van der Waals surface area contributed by atoms with Crippen LogP contribution in [-0.2, 0) is 6.42 Å². The minimum atomic E-state index is 0.154. The Morgan fingerprint density at radius 3 is 2.10 bits per heavy atom. The fourth-order valence-electron chi connectivity index (χ4n) is 2.03. The first-order valence-electron chi connectivity index (χ1n) is 6.24. The van der Waals surface area contributed by atoms with Crippen molar-refractivity contribution in [1.82, 2.24) is 9.97 Å². The predicted octanol–water partition coefficient (Wildman–Crippen LogP) is 1.26. The lowest BCUT2D eigenvalue weighted by Crippen LogP contribution is -2.04. The number of hydrogen-bond donors (Lipinski definition) is 2. The first-order valence-corrected chi connectivity index (χ1v) is 6.24. The highest BCUT2D eigenvalue weighted by atomic mass is 16.6. The van der Waals surface area contributed by atoms with Gasteiger partial charge in [0.25, 0.3) is 0 Å². The number of hydrogen-bond acceptors (Lipinski definition) is 7. The topological polar surface area (TPSA) is 106 Å². The summed E-state index contributed by atoms with van der Waals surface area (Å²) in [4.78, 5) is 7.90. The Kier molecular flexibility index (Phi) is 4.32. The summed E-state index contributed by atoms with van der Waals surface area (Å²) in [6.45, 7) is 0. The molecule has 0 amide bonds. The van der Waals surface area contributed by atoms with E-state index in [1.165, 1.54) is 0 Å². The molecule has 7 heteroatoms. The third-order valence-electron chi connectivity index (χ3n) is 3.04. The van der Waals surface area contributed by atoms with Crippen LogP contribution in [0, 0.1) is 0 Å². The fraction of sp³-hybridized carbons (Fsp3) is 0.286. The molecule has 0 bridgehead atoms. The van der Waals surface area contributed by atoms with Gasteiger partial charge in [0.15, 0.2) is 11.5 Å². The highest BCUT2D eigenvalue weighted by molar-refractivity contribution is 5.55. The molecule has 0 spiro atoms. The van der Waals surface area contributed by atoms with E-state index in [1.807, 2.05) is 12.1 Å². The quantitative estimate of drug-likeness (QED) is 0.799. The van der Waals surface area contributed by atoms with Crippen molar-refractivity contribution in [3.63, 3.8) is 0 Å². The molecule has 2 aromatic rings. The summed E-state index contributed by atoms with van der Waals surface area (Å²) < 4.78 is 15.9. The van der Waals surface area contributed by atoms with Crippen molar-refractivity contribution < 1.29 is 14.2 Å². The molecule has 4 N–H and O–H groups in total. The van der Waals surface area contributed by atoms with Crippen LogP contribution in [0.4, 0.5) is 11.8 Å². The Balaban J connectivity index is 2.40. The first kappa shape index (κ1) is 14.7. The van der Waals surface area contributed by atoms with Crippen molar-refractivity contribution in [2.24, 2.45) is 0 Å². The molecule has 0 aliphatic rings. The average molecular weight is 293 g/mol. The lowest BCUT2D eigenvalue weighted by Gasteiger charge is -2.14. The average Bonchev–Trinajstić information content (AvgIpc) is 2.49. The smallest absolute Gasteiger partial charge is 0.221 e. The monoisotopic (exact) mass is 293 g/mol. The highest BCUT2D eigenvalue weighted by Gasteiger charge is 2.14. The van der Waals surface area contributed by atoms with Crippen molar-refractivity contribution in [3.05, 3.63) is 29.5 Å². The minimum absolute atomic E-state index is 0.154. The van der Waals surface area contributed by atoms with Crippen molar-refractivity contribution in [1.29, 1.82) is 0 Å². The molecule has 7 nitrogen and oxygen atoms in total. The van der Waals surface area contributed by atoms with Crippen LogP contribution >= 0.6 is 0 Å². The van der Waals surface area contributed by atoms with E-state index in [0.29, 0.717) is 29.5 Å². The normalized spacial score (nSPS) is 10.2. The second kappa shape index (κ2) is 6.17. The lowest BCUT2D eigenvalue weighted by atomic mass is 10.1. The zero-order chi connectivity index (χ0) is 15.4. The van der Waals surface area contributed by atoms with E-state index in [9.17, 15) is 0 Å². The number of nitrogens with zero attached hydrogens (tertiary/aromatic N) is 2. The van der Waals surface area contributed by atoms with E-state index >= 15 is 0 Å². The van der Waals surface area contributed by atoms with E-state index < -0.39 is 0 Å². The third-order valence-corrected chi connectivity index (χ3v) is 3.04. The van der Waals surface area contributed by atoms with Crippen molar-refractivity contribution in [2.75, 3.05) is 32.8 Å². The molecule has 0 aliphatic heterocycles. The molecule has 0 atom stereocenters. The summed E-state index contributed by atoms with van der Waals surface area (Å²) >= 11 is 0. The van der Waals surface area contributed by atoms with Gasteiger partial charge < -0.3 is 25.7 Å². The van der Waals surface area contributed by atoms with Gasteiger partial charge in [-0.15, -0.1) is 0 Å². The molecule has 2 rings (SSSR count). The van der Waals surface area contributed by atoms with Crippen LogP contribution in [-0.4, -0.2) is 31.3 Å². The number of methoxy groups -OCH3 is 3. The van der Waals surface area contributed by atoms with Crippen LogP contribution in [0.5, 0.6) is 17.2 Å². The molecule has 0 unspecified atom stereocenters. The highest BCUT2D eigenvalue weighted by Crippen LogP contribution is 2.38. The van der Waals surface area contributed by atoms with E-state index in [1.54, 1.807) is 27.5 Å². The molecule has 1 aromatic heterocycles. The summed E-state index contributed by atoms with van der Waals surface area (Å²) in [6, 6.07) is 3.72. The van der Waals surface area contributed by atoms with Crippen LogP contribution in [0.25, 0.3) is 0 Å². The van der Waals surface area contributed by atoms with Crippen LogP contribution in [0.1, 0.15) is 11.1 Å². The number of anilines is 2. The molecule has 0 aliphatic carbocycles. The number of nitrogens with two attached hydrogens (primary N) is 2. The Labute approximate surface area is 122 Å². The van der Waals surface area contributed by atoms with Gasteiger partial charge in [-0.05, 0) is 17.7 Å². The Hall–Kier alpha value is -2.70. The molecule has 1 heterocycles. The van der Waals surface area contributed by atoms with Gasteiger partial charge in [-0.3, -0.25) is 0 Å². The molecule has 0 radical (unpaired) electrons. The van der Waals surface area contributed by atoms with E-state index in [4.69, 9.17) is 25.7 Å². The standard InChI is InChI=1S/C14H18N4O3/c1-19-10-5-8(6-11(20-2)12(10)21-3)4-9-7-17-14(16)18-13(9)15/h5-7H,4H2,1-3H3,(H4,15,16,17,18)/i1+1,2+1,3+1. The van der Waals surface area contributed by atoms with Gasteiger partial charge in [0.05, 0.1) is 21.3 Å². The second-order valence-corrected chi connectivity index (χ2v) is 4.35. The van der Waals surface area contributed by atoms with Gasteiger partial charge >= 0.3 is 0 Å².